The minimum absolute atomic E-state index is 0.0240. The number of H-pyrrole nitrogens is 1. The highest BCUT2D eigenvalue weighted by atomic mass is 16.2. The molecule has 4 nitrogen and oxygen atoms in total. The van der Waals surface area contributed by atoms with Gasteiger partial charge in [0.2, 0.25) is 0 Å². The summed E-state index contributed by atoms with van der Waals surface area (Å²) in [4.78, 5) is 14.7. The third-order valence-corrected chi connectivity index (χ3v) is 4.42. The molecular formula is C18H17N3O. The van der Waals surface area contributed by atoms with E-state index in [0.29, 0.717) is 11.6 Å². The Morgan fingerprint density at radius 3 is 2.73 bits per heavy atom. The van der Waals surface area contributed by atoms with Crippen molar-refractivity contribution in [1.82, 2.24) is 15.1 Å². The van der Waals surface area contributed by atoms with Crippen molar-refractivity contribution in [3.63, 3.8) is 0 Å². The molecule has 22 heavy (non-hydrogen) atoms. The first-order valence-corrected chi connectivity index (χ1v) is 7.60. The van der Waals surface area contributed by atoms with Crippen LogP contribution in [0, 0.1) is 0 Å². The number of fused-ring (bicyclic) bond motifs is 1. The van der Waals surface area contributed by atoms with Crippen molar-refractivity contribution >= 4 is 16.8 Å². The summed E-state index contributed by atoms with van der Waals surface area (Å²) < 4.78 is 0. The predicted octanol–water partition coefficient (Wildman–Crippen LogP) is 3.19. The fraction of sp³-hybridized carbons (Fsp3) is 0.222. The molecule has 1 N–H and O–H groups in total. The van der Waals surface area contributed by atoms with Crippen LogP contribution in [0.3, 0.4) is 0 Å². The van der Waals surface area contributed by atoms with E-state index in [1.54, 1.807) is 0 Å². The molecule has 3 aromatic rings. The molecule has 1 amide bonds. The number of carbonyl (C=O) groups excluding carboxylic acids is 1. The largest absolute Gasteiger partial charge is 0.337 e. The number of benzene rings is 2. The van der Waals surface area contributed by atoms with Crippen molar-refractivity contribution in [3.05, 3.63) is 65.9 Å². The molecule has 1 fully saturated rings. The normalized spacial score (nSPS) is 18.0. The lowest BCUT2D eigenvalue weighted by Gasteiger charge is -2.15. The van der Waals surface area contributed by atoms with Crippen LogP contribution in [0.1, 0.15) is 28.4 Å². The van der Waals surface area contributed by atoms with Crippen molar-refractivity contribution in [1.29, 1.82) is 0 Å². The van der Waals surface area contributed by atoms with Crippen LogP contribution in [0.15, 0.2) is 54.6 Å². The molecular weight excluding hydrogens is 274 g/mol. The number of amides is 1. The summed E-state index contributed by atoms with van der Waals surface area (Å²) in [6, 6.07) is 18.2. The number of rotatable bonds is 2. The predicted molar refractivity (Wildman–Crippen MR) is 85.8 cm³/mol. The topological polar surface area (TPSA) is 49.0 Å². The maximum atomic E-state index is 12.7. The van der Waals surface area contributed by atoms with Crippen molar-refractivity contribution in [3.8, 4) is 0 Å². The van der Waals surface area contributed by atoms with Crippen molar-refractivity contribution in [2.24, 2.45) is 0 Å². The lowest BCUT2D eigenvalue weighted by molar-refractivity contribution is 0.0787. The van der Waals surface area contributed by atoms with E-state index >= 15 is 0 Å². The Bertz CT molecular complexity index is 809. The van der Waals surface area contributed by atoms with Crippen LogP contribution in [0.4, 0.5) is 0 Å². The summed E-state index contributed by atoms with van der Waals surface area (Å²) in [5.74, 6) is 0.450. The van der Waals surface area contributed by atoms with Gasteiger partial charge in [0.1, 0.15) is 0 Å². The Balaban J connectivity index is 1.57. The fourth-order valence-corrected chi connectivity index (χ4v) is 3.22. The molecule has 0 spiro atoms. The molecule has 110 valence electrons. The molecule has 1 aromatic heterocycles. The quantitative estimate of drug-likeness (QED) is 0.788. The van der Waals surface area contributed by atoms with E-state index in [-0.39, 0.29) is 5.91 Å². The summed E-state index contributed by atoms with van der Waals surface area (Å²) in [6.45, 7) is 1.56. The minimum Gasteiger partial charge on any atom is -0.337 e. The van der Waals surface area contributed by atoms with Crippen molar-refractivity contribution in [2.75, 3.05) is 13.1 Å². The van der Waals surface area contributed by atoms with E-state index in [2.05, 4.69) is 34.5 Å². The summed E-state index contributed by atoms with van der Waals surface area (Å²) in [6.07, 6.45) is 1.01. The number of nitrogens with zero attached hydrogens (tertiary/aromatic N) is 2. The van der Waals surface area contributed by atoms with Gasteiger partial charge in [-0.2, -0.15) is 5.10 Å². The van der Waals surface area contributed by atoms with E-state index in [9.17, 15) is 4.79 Å². The monoisotopic (exact) mass is 291 g/mol. The summed E-state index contributed by atoms with van der Waals surface area (Å²) in [5, 5.41) is 8.06. The van der Waals surface area contributed by atoms with Gasteiger partial charge in [-0.05, 0) is 18.1 Å². The number of aromatic amines is 1. The van der Waals surface area contributed by atoms with Crippen LogP contribution in [-0.2, 0) is 0 Å². The zero-order chi connectivity index (χ0) is 14.9. The first kappa shape index (κ1) is 13.1. The third kappa shape index (κ3) is 2.17. The Labute approximate surface area is 128 Å². The number of hydrogen-bond acceptors (Lipinski definition) is 2. The number of carbonyl (C=O) groups is 1. The zero-order valence-electron chi connectivity index (χ0n) is 12.2. The number of aromatic nitrogens is 2. The number of likely N-dealkylation sites (tertiary alicyclic amines) is 1. The van der Waals surface area contributed by atoms with Gasteiger partial charge >= 0.3 is 0 Å². The Morgan fingerprint density at radius 2 is 1.86 bits per heavy atom. The molecule has 0 saturated carbocycles. The van der Waals surface area contributed by atoms with Gasteiger partial charge in [0.15, 0.2) is 5.69 Å². The van der Waals surface area contributed by atoms with Crippen LogP contribution in [0.2, 0.25) is 0 Å². The highest BCUT2D eigenvalue weighted by Crippen LogP contribution is 2.28. The second kappa shape index (κ2) is 5.30. The van der Waals surface area contributed by atoms with E-state index < -0.39 is 0 Å². The molecule has 2 heterocycles. The SMILES string of the molecule is O=C(c1n[nH]c2ccccc12)N1CC[C@@H](c2ccccc2)C1. The van der Waals surface area contributed by atoms with Crippen molar-refractivity contribution in [2.45, 2.75) is 12.3 Å². The highest BCUT2D eigenvalue weighted by Gasteiger charge is 2.29. The van der Waals surface area contributed by atoms with Crippen molar-refractivity contribution < 1.29 is 4.79 Å². The molecule has 0 unspecified atom stereocenters. The summed E-state index contributed by atoms with van der Waals surface area (Å²) in [7, 11) is 0. The molecule has 1 saturated heterocycles. The fourth-order valence-electron chi connectivity index (χ4n) is 3.22. The lowest BCUT2D eigenvalue weighted by Crippen LogP contribution is -2.28. The summed E-state index contributed by atoms with van der Waals surface area (Å²) in [5.41, 5.74) is 2.75. The number of hydrogen-bond donors (Lipinski definition) is 1. The Kier molecular flexibility index (Phi) is 3.15. The van der Waals surface area contributed by atoms with Gasteiger partial charge in [0.05, 0.1) is 5.52 Å². The molecule has 0 radical (unpaired) electrons. The lowest BCUT2D eigenvalue weighted by atomic mass is 9.99. The van der Waals surface area contributed by atoms with Crippen LogP contribution in [-0.4, -0.2) is 34.1 Å². The molecule has 1 atom stereocenters. The van der Waals surface area contributed by atoms with Gasteiger partial charge in [-0.25, -0.2) is 0 Å². The molecule has 0 bridgehead atoms. The smallest absolute Gasteiger partial charge is 0.275 e. The first-order valence-electron chi connectivity index (χ1n) is 7.60. The van der Waals surface area contributed by atoms with Gasteiger partial charge in [-0.15, -0.1) is 0 Å². The second-order valence-electron chi connectivity index (χ2n) is 5.77. The Hall–Kier alpha value is -2.62. The van der Waals surface area contributed by atoms with Gasteiger partial charge in [-0.1, -0.05) is 48.5 Å². The minimum atomic E-state index is 0.0240. The molecule has 2 aromatic carbocycles. The zero-order valence-corrected chi connectivity index (χ0v) is 12.2. The molecule has 1 aliphatic rings. The third-order valence-electron chi connectivity index (χ3n) is 4.42. The standard InChI is InChI=1S/C18H17N3O/c22-18(17-15-8-4-5-9-16(15)19-20-17)21-11-10-14(12-21)13-6-2-1-3-7-13/h1-9,14H,10-12H2,(H,19,20)/t14-/m1/s1. The Morgan fingerprint density at radius 1 is 1.09 bits per heavy atom. The van der Waals surface area contributed by atoms with Gasteiger partial charge in [0, 0.05) is 24.4 Å². The maximum absolute atomic E-state index is 12.7. The first-order chi connectivity index (χ1) is 10.8. The molecule has 4 rings (SSSR count). The van der Waals surface area contributed by atoms with Crippen LogP contribution in [0.5, 0.6) is 0 Å². The average molecular weight is 291 g/mol. The van der Waals surface area contributed by atoms with E-state index in [0.717, 1.165) is 30.4 Å². The van der Waals surface area contributed by atoms with E-state index in [1.165, 1.54) is 5.56 Å². The van der Waals surface area contributed by atoms with Crippen LogP contribution >= 0.6 is 0 Å². The van der Waals surface area contributed by atoms with Gasteiger partial charge in [0.25, 0.3) is 5.91 Å². The average Bonchev–Trinajstić information content (AvgIpc) is 3.22. The summed E-state index contributed by atoms with van der Waals surface area (Å²) >= 11 is 0. The van der Waals surface area contributed by atoms with Gasteiger partial charge < -0.3 is 4.90 Å². The van der Waals surface area contributed by atoms with Crippen LogP contribution < -0.4 is 0 Å². The highest BCUT2D eigenvalue weighted by molar-refractivity contribution is 6.04. The number of para-hydroxylation sites is 1. The molecule has 4 heteroatoms. The number of nitrogens with one attached hydrogen (secondary N) is 1. The van der Waals surface area contributed by atoms with E-state index in [4.69, 9.17) is 0 Å². The van der Waals surface area contributed by atoms with Gasteiger partial charge in [-0.3, -0.25) is 9.89 Å². The van der Waals surface area contributed by atoms with E-state index in [1.807, 2.05) is 35.2 Å². The second-order valence-corrected chi connectivity index (χ2v) is 5.77. The molecule has 1 aliphatic heterocycles. The van der Waals surface area contributed by atoms with Crippen LogP contribution in [0.25, 0.3) is 10.9 Å². The maximum Gasteiger partial charge on any atom is 0.275 e. The molecule has 0 aliphatic carbocycles.